The largest absolute Gasteiger partial charge is 0.369 e. The fourth-order valence-corrected chi connectivity index (χ4v) is 2.85. The number of hydrogen-bond donors (Lipinski definition) is 2. The Morgan fingerprint density at radius 1 is 1.23 bits per heavy atom. The number of anilines is 1. The summed E-state index contributed by atoms with van der Waals surface area (Å²) in [5, 5.41) is 3.30. The summed E-state index contributed by atoms with van der Waals surface area (Å²) in [4.78, 5) is 26.6. The third-order valence-electron chi connectivity index (χ3n) is 3.56. The molecule has 2 amide bonds. The topological polar surface area (TPSA) is 85.1 Å². The van der Waals surface area contributed by atoms with E-state index in [2.05, 4.69) is 10.3 Å². The quantitative estimate of drug-likeness (QED) is 0.911. The third kappa shape index (κ3) is 2.94. The van der Waals surface area contributed by atoms with Gasteiger partial charge in [0.25, 0.3) is 0 Å². The van der Waals surface area contributed by atoms with Crippen LogP contribution in [-0.4, -0.2) is 16.8 Å². The van der Waals surface area contributed by atoms with E-state index in [9.17, 15) is 9.59 Å². The van der Waals surface area contributed by atoms with Gasteiger partial charge in [-0.25, -0.2) is 0 Å². The van der Waals surface area contributed by atoms with Crippen LogP contribution >= 0.6 is 11.6 Å². The number of aromatic nitrogens is 1. The predicted octanol–water partition coefficient (Wildman–Crippen LogP) is 2.31. The Hall–Kier alpha value is -2.40. The lowest BCUT2D eigenvalue weighted by atomic mass is 9.97. The van der Waals surface area contributed by atoms with E-state index in [4.69, 9.17) is 17.3 Å². The van der Waals surface area contributed by atoms with Crippen molar-refractivity contribution in [3.05, 3.63) is 46.7 Å². The summed E-state index contributed by atoms with van der Waals surface area (Å²) in [5.74, 6) is -0.419. The van der Waals surface area contributed by atoms with Gasteiger partial charge in [-0.1, -0.05) is 11.6 Å². The lowest BCUT2D eigenvalue weighted by Gasteiger charge is -2.19. The van der Waals surface area contributed by atoms with E-state index < -0.39 is 5.91 Å². The van der Waals surface area contributed by atoms with E-state index >= 15 is 0 Å². The molecule has 0 radical (unpaired) electrons. The highest BCUT2D eigenvalue weighted by Gasteiger charge is 2.18. The summed E-state index contributed by atoms with van der Waals surface area (Å²) in [7, 11) is 0. The molecule has 3 N–H and O–H groups in total. The number of nitrogens with two attached hydrogens (primary N) is 1. The molecule has 5 nitrogen and oxygen atoms in total. The highest BCUT2D eigenvalue weighted by molar-refractivity contribution is 6.34. The molecule has 0 atom stereocenters. The molecule has 1 aromatic carbocycles. The SMILES string of the molecule is NC(=O)Cc1cncc(-c2cc(Cl)c3c(c2)CCC(=O)N3)c1. The van der Waals surface area contributed by atoms with Crippen molar-refractivity contribution in [2.24, 2.45) is 5.73 Å². The molecular formula is C16H14ClN3O2. The molecular weight excluding hydrogens is 302 g/mol. The Labute approximate surface area is 132 Å². The standard InChI is InChI=1S/C16H14ClN3O2/c17-13-6-11(5-10-1-2-15(22)20-16(10)13)12-3-9(4-14(18)21)7-19-8-12/h3,5-8H,1-2,4H2,(H2,18,21)(H,20,22). The molecule has 0 saturated heterocycles. The molecule has 3 rings (SSSR count). The molecule has 22 heavy (non-hydrogen) atoms. The highest BCUT2D eigenvalue weighted by Crippen LogP contribution is 2.35. The number of nitrogens with zero attached hydrogens (tertiary/aromatic N) is 1. The van der Waals surface area contributed by atoms with Gasteiger partial charge < -0.3 is 11.1 Å². The number of amides is 2. The van der Waals surface area contributed by atoms with Gasteiger partial charge in [0.15, 0.2) is 0 Å². The molecule has 2 aromatic rings. The van der Waals surface area contributed by atoms with Crippen molar-refractivity contribution in [2.75, 3.05) is 5.32 Å². The van der Waals surface area contributed by atoms with Crippen LogP contribution in [0.2, 0.25) is 5.02 Å². The van der Waals surface area contributed by atoms with Crippen LogP contribution in [0.15, 0.2) is 30.6 Å². The summed E-state index contributed by atoms with van der Waals surface area (Å²) in [6, 6.07) is 5.65. The number of pyridine rings is 1. The number of primary amides is 1. The molecule has 0 unspecified atom stereocenters. The minimum atomic E-state index is -0.398. The first-order valence-corrected chi connectivity index (χ1v) is 7.25. The molecule has 1 aliphatic heterocycles. The molecule has 0 saturated carbocycles. The zero-order chi connectivity index (χ0) is 15.7. The van der Waals surface area contributed by atoms with Crippen LogP contribution in [0, 0.1) is 0 Å². The van der Waals surface area contributed by atoms with Crippen molar-refractivity contribution in [3.63, 3.8) is 0 Å². The van der Waals surface area contributed by atoms with E-state index in [0.29, 0.717) is 23.6 Å². The molecule has 0 spiro atoms. The van der Waals surface area contributed by atoms with Crippen molar-refractivity contribution in [3.8, 4) is 11.1 Å². The van der Waals surface area contributed by atoms with Crippen molar-refractivity contribution in [1.82, 2.24) is 4.98 Å². The van der Waals surface area contributed by atoms with Crippen molar-refractivity contribution >= 4 is 29.1 Å². The molecule has 6 heteroatoms. The Morgan fingerprint density at radius 2 is 2.05 bits per heavy atom. The van der Waals surface area contributed by atoms with E-state index in [1.165, 1.54) is 0 Å². The van der Waals surface area contributed by atoms with Crippen LogP contribution in [0.4, 0.5) is 5.69 Å². The van der Waals surface area contributed by atoms with Crippen molar-refractivity contribution in [1.29, 1.82) is 0 Å². The zero-order valence-corrected chi connectivity index (χ0v) is 12.5. The lowest BCUT2D eigenvalue weighted by Crippen LogP contribution is -2.19. The Bertz CT molecular complexity index is 774. The summed E-state index contributed by atoms with van der Waals surface area (Å²) < 4.78 is 0. The van der Waals surface area contributed by atoms with Gasteiger partial charge in [0.1, 0.15) is 0 Å². The fraction of sp³-hybridized carbons (Fsp3) is 0.188. The molecule has 0 aliphatic carbocycles. The normalized spacial score (nSPS) is 13.4. The maximum absolute atomic E-state index is 11.5. The van der Waals surface area contributed by atoms with E-state index in [0.717, 1.165) is 22.3 Å². The maximum Gasteiger partial charge on any atom is 0.224 e. The van der Waals surface area contributed by atoms with Crippen LogP contribution in [0.3, 0.4) is 0 Å². The highest BCUT2D eigenvalue weighted by atomic mass is 35.5. The van der Waals surface area contributed by atoms with Crippen LogP contribution in [0.5, 0.6) is 0 Å². The molecule has 0 bridgehead atoms. The first-order chi connectivity index (χ1) is 10.5. The summed E-state index contributed by atoms with van der Waals surface area (Å²) >= 11 is 6.28. The Balaban J connectivity index is 2.00. The number of hydrogen-bond acceptors (Lipinski definition) is 3. The van der Waals surface area contributed by atoms with Gasteiger partial charge in [-0.2, -0.15) is 0 Å². The number of carbonyl (C=O) groups excluding carboxylic acids is 2. The Kier molecular flexibility index (Phi) is 3.81. The smallest absolute Gasteiger partial charge is 0.224 e. The minimum absolute atomic E-state index is 0.0210. The van der Waals surface area contributed by atoms with E-state index in [-0.39, 0.29) is 12.3 Å². The van der Waals surface area contributed by atoms with Gasteiger partial charge in [-0.3, -0.25) is 14.6 Å². The molecule has 1 aliphatic rings. The van der Waals surface area contributed by atoms with Crippen LogP contribution < -0.4 is 11.1 Å². The Morgan fingerprint density at radius 3 is 2.82 bits per heavy atom. The first kappa shape index (κ1) is 14.5. The number of benzene rings is 1. The minimum Gasteiger partial charge on any atom is -0.369 e. The predicted molar refractivity (Wildman–Crippen MR) is 84.5 cm³/mol. The van der Waals surface area contributed by atoms with E-state index in [1.54, 1.807) is 18.5 Å². The van der Waals surface area contributed by atoms with Gasteiger partial charge in [0.2, 0.25) is 11.8 Å². The van der Waals surface area contributed by atoms with Crippen LogP contribution in [-0.2, 0) is 22.4 Å². The summed E-state index contributed by atoms with van der Waals surface area (Å²) in [5.41, 5.74) is 9.42. The molecule has 2 heterocycles. The summed E-state index contributed by atoms with van der Waals surface area (Å²) in [6.07, 6.45) is 4.59. The van der Waals surface area contributed by atoms with Gasteiger partial charge in [-0.05, 0) is 41.3 Å². The van der Waals surface area contributed by atoms with Crippen LogP contribution in [0.1, 0.15) is 17.5 Å². The van der Waals surface area contributed by atoms with Gasteiger partial charge in [0, 0.05) is 24.4 Å². The average Bonchev–Trinajstić information content (AvgIpc) is 2.47. The second-order valence-corrected chi connectivity index (χ2v) is 5.67. The molecule has 1 aromatic heterocycles. The van der Waals surface area contributed by atoms with Crippen LogP contribution in [0.25, 0.3) is 11.1 Å². The second kappa shape index (κ2) is 5.77. The number of aryl methyl sites for hydroxylation is 1. The number of carbonyl (C=O) groups is 2. The number of fused-ring (bicyclic) bond motifs is 1. The maximum atomic E-state index is 11.5. The molecule has 112 valence electrons. The van der Waals surface area contributed by atoms with Crippen molar-refractivity contribution < 1.29 is 9.59 Å². The summed E-state index contributed by atoms with van der Waals surface area (Å²) in [6.45, 7) is 0. The number of nitrogens with one attached hydrogen (secondary N) is 1. The zero-order valence-electron chi connectivity index (χ0n) is 11.7. The van der Waals surface area contributed by atoms with Crippen molar-refractivity contribution in [2.45, 2.75) is 19.3 Å². The third-order valence-corrected chi connectivity index (χ3v) is 3.86. The van der Waals surface area contributed by atoms with Gasteiger partial charge >= 0.3 is 0 Å². The number of halogens is 1. The van der Waals surface area contributed by atoms with E-state index in [1.807, 2.05) is 12.1 Å². The fourth-order valence-electron chi connectivity index (χ4n) is 2.56. The van der Waals surface area contributed by atoms with Gasteiger partial charge in [0.05, 0.1) is 17.1 Å². The van der Waals surface area contributed by atoms with Gasteiger partial charge in [-0.15, -0.1) is 0 Å². The molecule has 0 fully saturated rings. The average molecular weight is 316 g/mol. The lowest BCUT2D eigenvalue weighted by molar-refractivity contribution is -0.117. The monoisotopic (exact) mass is 315 g/mol. The first-order valence-electron chi connectivity index (χ1n) is 6.88. The second-order valence-electron chi connectivity index (χ2n) is 5.27. The number of rotatable bonds is 3.